The first-order valence-electron chi connectivity index (χ1n) is 6.92. The second-order valence-electron chi connectivity index (χ2n) is 4.78. The number of nitrogens with one attached hydrogen (secondary N) is 1. The van der Waals surface area contributed by atoms with E-state index in [0.717, 1.165) is 34.3 Å². The molecule has 2 aromatic rings. The highest BCUT2D eigenvalue weighted by Crippen LogP contribution is 2.27. The second kappa shape index (κ2) is 7.54. The van der Waals surface area contributed by atoms with Crippen LogP contribution in [0, 0.1) is 0 Å². The zero-order chi connectivity index (χ0) is 15.2. The van der Waals surface area contributed by atoms with Crippen LogP contribution in [0.5, 0.6) is 5.75 Å². The highest BCUT2D eigenvalue weighted by atomic mass is 79.9. The van der Waals surface area contributed by atoms with E-state index in [4.69, 9.17) is 10.6 Å². The van der Waals surface area contributed by atoms with E-state index in [1.807, 2.05) is 24.3 Å². The quantitative estimate of drug-likeness (QED) is 0.621. The van der Waals surface area contributed by atoms with E-state index in [9.17, 15) is 0 Å². The molecule has 0 fully saturated rings. The van der Waals surface area contributed by atoms with Crippen molar-refractivity contribution in [3.63, 3.8) is 0 Å². The molecule has 112 valence electrons. The molecule has 0 amide bonds. The van der Waals surface area contributed by atoms with Gasteiger partial charge in [-0.3, -0.25) is 16.3 Å². The monoisotopic (exact) mass is 349 g/mol. The largest absolute Gasteiger partial charge is 0.497 e. The SMILES string of the molecule is CCc1cccnc1C(Cc1cc(OC)ccc1Br)NN. The van der Waals surface area contributed by atoms with Crippen molar-refractivity contribution in [2.45, 2.75) is 25.8 Å². The Labute approximate surface area is 133 Å². The van der Waals surface area contributed by atoms with E-state index in [1.54, 1.807) is 13.3 Å². The first-order valence-corrected chi connectivity index (χ1v) is 7.71. The Balaban J connectivity index is 2.31. The summed E-state index contributed by atoms with van der Waals surface area (Å²) in [5.74, 6) is 6.59. The van der Waals surface area contributed by atoms with E-state index in [0.29, 0.717) is 0 Å². The minimum absolute atomic E-state index is 0.0374. The molecule has 0 saturated heterocycles. The minimum Gasteiger partial charge on any atom is -0.497 e. The average molecular weight is 350 g/mol. The number of hydrogen-bond donors (Lipinski definition) is 2. The molecule has 1 atom stereocenters. The van der Waals surface area contributed by atoms with E-state index in [-0.39, 0.29) is 6.04 Å². The first kappa shape index (κ1) is 15.9. The molecule has 1 heterocycles. The third kappa shape index (κ3) is 3.81. The van der Waals surface area contributed by atoms with Gasteiger partial charge >= 0.3 is 0 Å². The lowest BCUT2D eigenvalue weighted by Gasteiger charge is -2.19. The number of halogens is 1. The molecule has 0 aliphatic carbocycles. The van der Waals surface area contributed by atoms with Gasteiger partial charge in [0.2, 0.25) is 0 Å². The molecular weight excluding hydrogens is 330 g/mol. The van der Waals surface area contributed by atoms with Gasteiger partial charge < -0.3 is 4.74 Å². The van der Waals surface area contributed by atoms with Crippen molar-refractivity contribution in [3.8, 4) is 5.75 Å². The summed E-state index contributed by atoms with van der Waals surface area (Å²) in [4.78, 5) is 4.50. The van der Waals surface area contributed by atoms with Gasteiger partial charge in [0.15, 0.2) is 0 Å². The van der Waals surface area contributed by atoms with E-state index in [2.05, 4.69) is 39.3 Å². The molecule has 1 aromatic carbocycles. The summed E-state index contributed by atoms with van der Waals surface area (Å²) < 4.78 is 6.33. The summed E-state index contributed by atoms with van der Waals surface area (Å²) in [5.41, 5.74) is 6.22. The maximum absolute atomic E-state index is 5.76. The van der Waals surface area contributed by atoms with Gasteiger partial charge in [-0.05, 0) is 48.2 Å². The molecule has 0 saturated carbocycles. The fourth-order valence-corrected chi connectivity index (χ4v) is 2.76. The topological polar surface area (TPSA) is 60.2 Å². The number of aromatic nitrogens is 1. The van der Waals surface area contributed by atoms with Gasteiger partial charge in [-0.2, -0.15) is 0 Å². The molecule has 4 nitrogen and oxygen atoms in total. The smallest absolute Gasteiger partial charge is 0.119 e. The number of hydrazine groups is 1. The Morgan fingerprint density at radius 1 is 1.33 bits per heavy atom. The molecule has 3 N–H and O–H groups in total. The van der Waals surface area contributed by atoms with E-state index in [1.165, 1.54) is 5.56 Å². The van der Waals surface area contributed by atoms with Crippen molar-refractivity contribution in [1.82, 2.24) is 10.4 Å². The Bertz CT molecular complexity index is 604. The number of nitrogens with two attached hydrogens (primary N) is 1. The van der Waals surface area contributed by atoms with Crippen molar-refractivity contribution < 1.29 is 4.74 Å². The number of pyridine rings is 1. The predicted octanol–water partition coefficient (Wildman–Crippen LogP) is 3.16. The standard InChI is InChI=1S/C16H20BrN3O/c1-3-11-5-4-8-19-16(11)15(20-18)10-12-9-13(21-2)6-7-14(12)17/h4-9,15,20H,3,10,18H2,1-2H3. The Morgan fingerprint density at radius 3 is 2.81 bits per heavy atom. The number of ether oxygens (including phenoxy) is 1. The summed E-state index contributed by atoms with van der Waals surface area (Å²) in [6.07, 6.45) is 3.47. The van der Waals surface area contributed by atoms with Crippen LogP contribution in [0.3, 0.4) is 0 Å². The molecular formula is C16H20BrN3O. The van der Waals surface area contributed by atoms with E-state index < -0.39 is 0 Å². The normalized spacial score (nSPS) is 12.2. The van der Waals surface area contributed by atoms with Crippen molar-refractivity contribution in [3.05, 3.63) is 57.8 Å². The molecule has 21 heavy (non-hydrogen) atoms. The average Bonchev–Trinajstić information content (AvgIpc) is 2.54. The van der Waals surface area contributed by atoms with Crippen molar-refractivity contribution in [2.24, 2.45) is 5.84 Å². The maximum Gasteiger partial charge on any atom is 0.119 e. The summed E-state index contributed by atoms with van der Waals surface area (Å²) in [6.45, 7) is 2.12. The molecule has 0 bridgehead atoms. The summed E-state index contributed by atoms with van der Waals surface area (Å²) in [7, 11) is 1.67. The summed E-state index contributed by atoms with van der Waals surface area (Å²) >= 11 is 3.58. The Morgan fingerprint density at radius 2 is 2.14 bits per heavy atom. The lowest BCUT2D eigenvalue weighted by atomic mass is 9.98. The summed E-state index contributed by atoms with van der Waals surface area (Å²) in [6, 6.07) is 9.94. The molecule has 2 rings (SSSR count). The van der Waals surface area contributed by atoms with Crippen LogP contribution in [0.2, 0.25) is 0 Å². The fourth-order valence-electron chi connectivity index (χ4n) is 2.35. The van der Waals surface area contributed by atoms with Gasteiger partial charge in [0.1, 0.15) is 5.75 Å². The predicted molar refractivity (Wildman–Crippen MR) is 88.1 cm³/mol. The van der Waals surface area contributed by atoms with Crippen LogP contribution >= 0.6 is 15.9 Å². The molecule has 0 radical (unpaired) electrons. The lowest BCUT2D eigenvalue weighted by Crippen LogP contribution is -2.31. The zero-order valence-electron chi connectivity index (χ0n) is 12.3. The molecule has 5 heteroatoms. The van der Waals surface area contributed by atoms with Gasteiger partial charge in [-0.25, -0.2) is 0 Å². The molecule has 1 unspecified atom stereocenters. The number of rotatable bonds is 6. The lowest BCUT2D eigenvalue weighted by molar-refractivity contribution is 0.413. The van der Waals surface area contributed by atoms with Crippen molar-refractivity contribution in [1.29, 1.82) is 0 Å². The summed E-state index contributed by atoms with van der Waals surface area (Å²) in [5, 5.41) is 0. The van der Waals surface area contributed by atoms with Gasteiger partial charge in [0.05, 0.1) is 18.8 Å². The van der Waals surface area contributed by atoms with Crippen molar-refractivity contribution in [2.75, 3.05) is 7.11 Å². The second-order valence-corrected chi connectivity index (χ2v) is 5.64. The number of hydrogen-bond acceptors (Lipinski definition) is 4. The number of benzene rings is 1. The highest BCUT2D eigenvalue weighted by molar-refractivity contribution is 9.10. The van der Waals surface area contributed by atoms with Crippen LogP contribution < -0.4 is 16.0 Å². The van der Waals surface area contributed by atoms with Crippen LogP contribution in [-0.2, 0) is 12.8 Å². The van der Waals surface area contributed by atoms with Gasteiger partial charge in [0, 0.05) is 10.7 Å². The Hall–Kier alpha value is -1.43. The number of nitrogens with zero attached hydrogens (tertiary/aromatic N) is 1. The van der Waals surface area contributed by atoms with Crippen LogP contribution in [0.15, 0.2) is 41.0 Å². The minimum atomic E-state index is -0.0374. The number of methoxy groups -OCH3 is 1. The first-order chi connectivity index (χ1) is 10.2. The fraction of sp³-hybridized carbons (Fsp3) is 0.312. The van der Waals surface area contributed by atoms with Gasteiger partial charge in [-0.15, -0.1) is 0 Å². The van der Waals surface area contributed by atoms with Crippen molar-refractivity contribution >= 4 is 15.9 Å². The highest BCUT2D eigenvalue weighted by Gasteiger charge is 2.17. The molecule has 0 aliphatic rings. The third-order valence-corrected chi connectivity index (χ3v) is 4.29. The molecule has 0 spiro atoms. The molecule has 1 aromatic heterocycles. The van der Waals surface area contributed by atoms with Gasteiger partial charge in [0.25, 0.3) is 0 Å². The molecule has 0 aliphatic heterocycles. The Kier molecular flexibility index (Phi) is 5.73. The maximum atomic E-state index is 5.76. The van der Waals surface area contributed by atoms with Crippen LogP contribution in [0.1, 0.15) is 29.8 Å². The van der Waals surface area contributed by atoms with E-state index >= 15 is 0 Å². The van der Waals surface area contributed by atoms with Crippen LogP contribution in [0.25, 0.3) is 0 Å². The third-order valence-electron chi connectivity index (χ3n) is 3.52. The van der Waals surface area contributed by atoms with Crippen LogP contribution in [0.4, 0.5) is 0 Å². The number of aryl methyl sites for hydroxylation is 1. The van der Waals surface area contributed by atoms with Gasteiger partial charge in [-0.1, -0.05) is 28.9 Å². The van der Waals surface area contributed by atoms with Crippen LogP contribution in [-0.4, -0.2) is 12.1 Å². The zero-order valence-corrected chi connectivity index (χ0v) is 13.9.